The number of aliphatic hydroxyl groups excluding tert-OH is 6. The molecule has 10 N–H and O–H groups in total. The molecule has 0 saturated carbocycles. The van der Waals surface area contributed by atoms with E-state index in [4.69, 9.17) is 56.8 Å². The lowest BCUT2D eigenvalue weighted by atomic mass is 9.70. The summed E-state index contributed by atoms with van der Waals surface area (Å²) in [6.45, 7) is 11.9. The van der Waals surface area contributed by atoms with Crippen LogP contribution in [-0.4, -0.2) is 254 Å². The third kappa shape index (κ3) is 12.6. The van der Waals surface area contributed by atoms with Crippen LogP contribution in [-0.2, 0) is 56.8 Å². The van der Waals surface area contributed by atoms with Gasteiger partial charge < -0.3 is 118 Å². The quantitative estimate of drug-likeness (QED) is 0.0967. The molecule has 2 aromatic carbocycles. The Morgan fingerprint density at radius 3 is 1.30 bits per heavy atom. The van der Waals surface area contributed by atoms with E-state index < -0.39 is 205 Å². The van der Waals surface area contributed by atoms with Crippen LogP contribution in [0.1, 0.15) is 155 Å². The highest BCUT2D eigenvalue weighted by Gasteiger charge is 2.56. The van der Waals surface area contributed by atoms with E-state index in [2.05, 4.69) is 0 Å². The molecule has 2 aliphatic carbocycles. The van der Waals surface area contributed by atoms with Gasteiger partial charge in [0.25, 0.3) is 0 Å². The summed E-state index contributed by atoms with van der Waals surface area (Å²) in [7, 11) is 7.36. The highest BCUT2D eigenvalue weighted by molar-refractivity contribution is 6.31. The fourth-order valence-electron chi connectivity index (χ4n) is 14.0. The molecule has 10 rings (SSSR count). The average molecular weight is 1220 g/mol. The third-order valence-electron chi connectivity index (χ3n) is 18.8. The van der Waals surface area contributed by atoms with Crippen molar-refractivity contribution in [2.24, 2.45) is 0 Å². The Morgan fingerprint density at radius 1 is 0.488 bits per heavy atom. The van der Waals surface area contributed by atoms with Crippen LogP contribution in [0.2, 0.25) is 0 Å². The summed E-state index contributed by atoms with van der Waals surface area (Å²) in [6, 6.07) is 3.02. The van der Waals surface area contributed by atoms with Gasteiger partial charge in [0.1, 0.15) is 60.0 Å². The zero-order chi connectivity index (χ0) is 62.3. The number of carbonyl (C=O) groups is 2. The van der Waals surface area contributed by atoms with E-state index in [9.17, 15) is 60.7 Å². The summed E-state index contributed by atoms with van der Waals surface area (Å²) in [4.78, 5) is 32.9. The van der Waals surface area contributed by atoms with Gasteiger partial charge >= 0.3 is 0 Å². The Kier molecular flexibility index (Phi) is 19.7. The minimum atomic E-state index is -1.94. The number of nitrogens with zero attached hydrogens (tertiary/aromatic N) is 2. The van der Waals surface area contributed by atoms with Crippen molar-refractivity contribution in [2.45, 2.75) is 265 Å². The van der Waals surface area contributed by atoms with Crippen LogP contribution < -0.4 is 0 Å². The Bertz CT molecular complexity index is 2690. The molecule has 26 heteroatoms. The predicted octanol–water partition coefficient (Wildman–Crippen LogP) is 1.62. The summed E-state index contributed by atoms with van der Waals surface area (Å²) < 4.78 is 76.3. The molecule has 6 heterocycles. The Balaban J connectivity index is 0.889. The van der Waals surface area contributed by atoms with Gasteiger partial charge in [-0.25, -0.2) is 0 Å². The average Bonchev–Trinajstić information content (AvgIpc) is 0.714. The van der Waals surface area contributed by atoms with E-state index in [-0.39, 0.29) is 73.6 Å². The van der Waals surface area contributed by atoms with Crippen LogP contribution in [0.15, 0.2) is 18.2 Å². The van der Waals surface area contributed by atoms with Gasteiger partial charge in [0.2, 0.25) is 5.78 Å². The van der Waals surface area contributed by atoms with Gasteiger partial charge in [0, 0.05) is 73.7 Å². The zero-order valence-corrected chi connectivity index (χ0v) is 50.5. The first-order chi connectivity index (χ1) is 40.6. The van der Waals surface area contributed by atoms with Crippen LogP contribution in [0, 0.1) is 0 Å². The standard InChI is InChI=1S/C60H88N2O24/c1-12-60(74)22-37(81-38-16-30(61(8)9)55(25(4)77-38)82-42-20-35(66)57(27(6)79-42)84-40-18-33(64)49(68)23(2)75-40)45-48(54(73)46-47(53(45)72)52(71)44-29(51(46)70)14-13-15-32(44)63)59(60)86-39-17-31(62(10)11)56(26(5)78-39)83-43-21-36(67)58(28(7)80-43)85-41-19-34(65)50(69)24(3)76-41/h13-15,23-28,30-31,33-43,49-50,55-59,63-69,72-74H,12,16-22H2,1-11H3/t23-,24-,25-,26-,27-,28-,30-,31-,33-,34-,35-,36-,37-,38-,39-,40-,41-,42-,43-,49+,50+,55+,56+,57+,58+,59+,60+/m0/s1. The van der Waals surface area contributed by atoms with Crippen molar-refractivity contribution in [2.75, 3.05) is 28.2 Å². The van der Waals surface area contributed by atoms with Crippen LogP contribution >= 0.6 is 0 Å². The molecule has 6 fully saturated rings. The number of aromatic hydroxyl groups is 3. The number of ketones is 2. The molecule has 27 atom stereocenters. The third-order valence-corrected chi connectivity index (χ3v) is 18.8. The van der Waals surface area contributed by atoms with Crippen LogP contribution in [0.3, 0.4) is 0 Å². The van der Waals surface area contributed by atoms with E-state index in [0.717, 1.165) is 0 Å². The summed E-state index contributed by atoms with van der Waals surface area (Å²) >= 11 is 0. The summed E-state index contributed by atoms with van der Waals surface area (Å²) in [6.07, 6.45) is -22.7. The number of benzene rings is 2. The number of hydrogen-bond donors (Lipinski definition) is 10. The number of ether oxygens (including phenoxy) is 12. The van der Waals surface area contributed by atoms with Crippen molar-refractivity contribution in [1.82, 2.24) is 9.80 Å². The summed E-state index contributed by atoms with van der Waals surface area (Å²) in [5, 5.41) is 113. The molecular weight excluding hydrogens is 1130 g/mol. The highest BCUT2D eigenvalue weighted by atomic mass is 16.8. The van der Waals surface area contributed by atoms with Gasteiger partial charge in [-0.2, -0.15) is 0 Å². The van der Waals surface area contributed by atoms with E-state index >= 15 is 0 Å². The molecule has 0 amide bonds. The second-order valence-corrected chi connectivity index (χ2v) is 25.2. The lowest BCUT2D eigenvalue weighted by Crippen LogP contribution is -2.59. The van der Waals surface area contributed by atoms with Gasteiger partial charge in [-0.1, -0.05) is 19.1 Å². The number of phenols is 3. The number of likely N-dealkylation sites (N-methyl/N-ethyl adjacent to an activating group) is 2. The summed E-state index contributed by atoms with van der Waals surface area (Å²) in [5.74, 6) is -3.82. The first-order valence-electron chi connectivity index (χ1n) is 30.1. The Morgan fingerprint density at radius 2 is 0.872 bits per heavy atom. The van der Waals surface area contributed by atoms with E-state index in [1.54, 1.807) is 48.5 Å². The SMILES string of the molecule is CC[C@@]1(O)C[C@H](O[C@H]2C[C@H](N(C)C)[C@H](O[C@H]3C[C@H](O)[C@H](O[C@H]4C[C@H](O)[C@H](O)[C@H](C)O4)[C@H](C)O3)[C@H](C)O2)c2c(O)c3c(c(O)c2[C@H]1O[C@H]1C[C@H](N(C)C)[C@H](O[C@H]2C[C@H](O)[C@H](O[C@H]4C[C@H](O)[C@H](O)[C@H](C)O4)[C@H](C)O2)[C@H](C)O1)C(=O)c1cccc(O)c1C3=O. The highest BCUT2D eigenvalue weighted by Crippen LogP contribution is 2.58. The molecule has 482 valence electrons. The molecule has 0 spiro atoms. The number of carbonyl (C=O) groups excluding carboxylic acids is 2. The van der Waals surface area contributed by atoms with Crippen LogP contribution in [0.25, 0.3) is 0 Å². The molecule has 2 aromatic rings. The topological polar surface area (TPSA) is 354 Å². The smallest absolute Gasteiger partial charge is 0.202 e. The van der Waals surface area contributed by atoms with Gasteiger partial charge in [0.15, 0.2) is 43.5 Å². The van der Waals surface area contributed by atoms with Crippen LogP contribution in [0.5, 0.6) is 17.2 Å². The molecule has 0 unspecified atom stereocenters. The van der Waals surface area contributed by atoms with Gasteiger partial charge in [0.05, 0.1) is 89.4 Å². The van der Waals surface area contributed by atoms with Crippen molar-refractivity contribution < 1.29 is 117 Å². The molecule has 26 nitrogen and oxygen atoms in total. The second-order valence-electron chi connectivity index (χ2n) is 25.2. The molecular formula is C60H88N2O24. The number of aliphatic hydroxyl groups is 7. The molecule has 0 bridgehead atoms. The van der Waals surface area contributed by atoms with Crippen LogP contribution in [0.4, 0.5) is 0 Å². The predicted molar refractivity (Wildman–Crippen MR) is 296 cm³/mol. The summed E-state index contributed by atoms with van der Waals surface area (Å²) in [5.41, 5.74) is -4.04. The first-order valence-corrected chi connectivity index (χ1v) is 30.1. The Hall–Kier alpha value is -3.66. The van der Waals surface area contributed by atoms with Crippen molar-refractivity contribution >= 4 is 11.6 Å². The molecule has 6 aliphatic heterocycles. The lowest BCUT2D eigenvalue weighted by Gasteiger charge is -2.50. The van der Waals surface area contributed by atoms with Crippen molar-refractivity contribution in [3.8, 4) is 17.2 Å². The molecule has 6 saturated heterocycles. The Labute approximate surface area is 499 Å². The number of fused-ring (bicyclic) bond motifs is 3. The van der Waals surface area contributed by atoms with Crippen molar-refractivity contribution in [3.05, 3.63) is 51.6 Å². The monoisotopic (exact) mass is 1220 g/mol. The van der Waals surface area contributed by atoms with E-state index in [0.29, 0.717) is 0 Å². The van der Waals surface area contributed by atoms with Crippen molar-refractivity contribution in [3.63, 3.8) is 0 Å². The van der Waals surface area contributed by atoms with Crippen molar-refractivity contribution in [1.29, 1.82) is 0 Å². The maximum absolute atomic E-state index is 14.6. The van der Waals surface area contributed by atoms with Gasteiger partial charge in [-0.15, -0.1) is 0 Å². The number of hydrogen-bond acceptors (Lipinski definition) is 26. The fraction of sp³-hybridized carbons (Fsp3) is 0.767. The first kappa shape index (κ1) is 65.3. The maximum Gasteiger partial charge on any atom is 0.202 e. The molecule has 0 radical (unpaired) electrons. The lowest BCUT2D eigenvalue weighted by molar-refractivity contribution is -0.336. The molecule has 8 aliphatic rings. The van der Waals surface area contributed by atoms with Gasteiger partial charge in [-0.05, 0) is 82.2 Å². The largest absolute Gasteiger partial charge is 0.507 e. The second kappa shape index (κ2) is 25.9. The molecule has 86 heavy (non-hydrogen) atoms. The fourth-order valence-corrected chi connectivity index (χ4v) is 14.0. The minimum absolute atomic E-state index is 0.000163. The zero-order valence-electron chi connectivity index (χ0n) is 50.5. The maximum atomic E-state index is 14.6. The van der Waals surface area contributed by atoms with E-state index in [1.165, 1.54) is 18.2 Å². The van der Waals surface area contributed by atoms with Gasteiger partial charge in [-0.3, -0.25) is 9.59 Å². The minimum Gasteiger partial charge on any atom is -0.507 e. The van der Waals surface area contributed by atoms with E-state index in [1.807, 2.05) is 38.0 Å². The number of phenolic OH excluding ortho intramolecular Hbond substituents is 3. The molecule has 0 aromatic heterocycles. The number of rotatable bonds is 15. The normalized spacial score (nSPS) is 43.9.